The molecule has 0 heterocycles. The number of aliphatic hydroxyl groups excluding tert-OH is 1. The first-order valence-corrected chi connectivity index (χ1v) is 51.0. The van der Waals surface area contributed by atoms with Crippen LogP contribution in [0.2, 0.25) is 0 Å². The number of rotatable bonds is 14. The SMILES string of the molecule is CC(=O)O[C@H]1CC[C@]2(C)[C@H]3CC[C@@H]4C5=C(C(C)C)C(=O)C[C@]5(C=O)CC[C@@]4(C)[C@]3(C)CC[C@H]2C1(C)C.CC(C)(C)OC(=O)C(C)(C)CC(=O)O.CC(C)C1=C2[C@H]3CC[C@@H]4[C@@]5(C)CC[C@H](O)C(C)(C)[C@@H]5CC[C@@]4(C)[C@]3(C)CC[C@@]2(C=O)CC1=O.CC(C)C1=C2[C@H]3CC[C@@H]4[C@@]5(C)CC[C@H](OC(=O)CC(C)(C)C(=O)OC(C)(C)C)C(C)(C)[C@@H]5CC[C@@]4(C)[C@]3(C)CC[C@@]2(C=O)CC1=O. The van der Waals surface area contributed by atoms with E-state index >= 15 is 0 Å². The number of carboxylic acids is 1. The number of aliphatic carboxylic acids is 1. The van der Waals surface area contributed by atoms with Gasteiger partial charge in [0.05, 0.1) is 46.0 Å². The van der Waals surface area contributed by atoms with Crippen LogP contribution >= 0.6 is 0 Å². The van der Waals surface area contributed by atoms with Crippen molar-refractivity contribution in [3.8, 4) is 0 Å². The van der Waals surface area contributed by atoms with E-state index in [4.69, 9.17) is 24.1 Å². The minimum absolute atomic E-state index is 0.00410. The van der Waals surface area contributed by atoms with Gasteiger partial charge in [-0.15, -0.1) is 0 Å². The number of ether oxygens (including phenoxy) is 4. The van der Waals surface area contributed by atoms with Gasteiger partial charge in [-0.25, -0.2) is 0 Å². The van der Waals surface area contributed by atoms with Crippen LogP contribution in [0.25, 0.3) is 0 Å². The average Bonchev–Trinajstić information content (AvgIpc) is 1.67. The van der Waals surface area contributed by atoms with E-state index in [1.165, 1.54) is 42.4 Å². The first-order valence-electron chi connectivity index (χ1n) is 51.0. The lowest BCUT2D eigenvalue weighted by molar-refractivity contribution is -0.233. The highest BCUT2D eigenvalue weighted by Gasteiger charge is 2.75. The van der Waals surface area contributed by atoms with Crippen LogP contribution in [0.3, 0.4) is 0 Å². The summed E-state index contributed by atoms with van der Waals surface area (Å²) in [6.07, 6.45) is 29.0. The third kappa shape index (κ3) is 16.2. The molecule has 0 radical (unpaired) electrons. The lowest BCUT2D eigenvalue weighted by Gasteiger charge is -2.72. The molecule has 0 spiro atoms. The second-order valence-corrected chi connectivity index (χ2v) is 53.6. The summed E-state index contributed by atoms with van der Waals surface area (Å²) in [7, 11) is 0. The van der Waals surface area contributed by atoms with Gasteiger partial charge < -0.3 is 43.5 Å². The number of ketones is 3. The van der Waals surface area contributed by atoms with Crippen molar-refractivity contribution in [1.82, 2.24) is 0 Å². The van der Waals surface area contributed by atoms with Crippen LogP contribution in [0.1, 0.15) is 408 Å². The molecule has 0 aromatic heterocycles. The topological polar surface area (TPSA) is 265 Å². The highest BCUT2D eigenvalue weighted by molar-refractivity contribution is 6.05. The molecule has 2 N–H and O–H groups in total. The summed E-state index contributed by atoms with van der Waals surface area (Å²) < 4.78 is 22.9. The molecular formula is C112H174O17. The number of carboxylic acid groups (broad SMARTS) is 1. The first-order chi connectivity index (χ1) is 59.0. The minimum atomic E-state index is -0.999. The molecule has 15 aliphatic rings. The Morgan fingerprint density at radius 3 is 0.930 bits per heavy atom. The highest BCUT2D eigenvalue weighted by atomic mass is 16.6. The summed E-state index contributed by atoms with van der Waals surface area (Å²) in [5, 5.41) is 19.5. The highest BCUT2D eigenvalue weighted by Crippen LogP contribution is 2.81. The molecule has 17 heteroatoms. The number of carbonyl (C=O) groups is 11. The van der Waals surface area contributed by atoms with Gasteiger partial charge in [0, 0.05) is 37.0 Å². The van der Waals surface area contributed by atoms with Gasteiger partial charge in [-0.3, -0.25) is 38.4 Å². The maximum Gasteiger partial charge on any atom is 0.312 e. The smallest absolute Gasteiger partial charge is 0.312 e. The molecule has 0 unspecified atom stereocenters. The number of aldehydes is 3. The second kappa shape index (κ2) is 33.8. The summed E-state index contributed by atoms with van der Waals surface area (Å²) >= 11 is 0. The summed E-state index contributed by atoms with van der Waals surface area (Å²) in [5.74, 6) is 3.02. The Hall–Kier alpha value is -5.45. The zero-order valence-corrected chi connectivity index (χ0v) is 86.4. The van der Waals surface area contributed by atoms with Gasteiger partial charge in [-0.05, 0) is 382 Å². The Kier molecular flexibility index (Phi) is 26.8. The van der Waals surface area contributed by atoms with Gasteiger partial charge in [0.1, 0.15) is 42.3 Å². The molecule has 0 aromatic rings. The van der Waals surface area contributed by atoms with E-state index in [2.05, 4.69) is 145 Å². The Bertz CT molecular complexity index is 4560. The summed E-state index contributed by atoms with van der Waals surface area (Å²) in [6.45, 7) is 68.5. The fourth-order valence-corrected chi connectivity index (χ4v) is 34.8. The number of allylic oxidation sites excluding steroid dienone is 6. The molecule has 0 aliphatic heterocycles. The minimum Gasteiger partial charge on any atom is -0.481 e. The number of carbonyl (C=O) groups excluding carboxylic acids is 10. The van der Waals surface area contributed by atoms with E-state index in [1.807, 2.05) is 20.8 Å². The Morgan fingerprint density at radius 2 is 0.651 bits per heavy atom. The van der Waals surface area contributed by atoms with Gasteiger partial charge in [-0.1, -0.05) is 145 Å². The molecule has 12 fully saturated rings. The van der Waals surface area contributed by atoms with E-state index in [0.29, 0.717) is 66.6 Å². The van der Waals surface area contributed by atoms with Crippen molar-refractivity contribution in [3.63, 3.8) is 0 Å². The van der Waals surface area contributed by atoms with Crippen molar-refractivity contribution >= 4 is 66.1 Å². The van der Waals surface area contributed by atoms with E-state index in [1.54, 1.807) is 55.4 Å². The van der Waals surface area contributed by atoms with E-state index in [-0.39, 0.29) is 155 Å². The molecule has 129 heavy (non-hydrogen) atoms. The number of fused-ring (bicyclic) bond motifs is 21. The molecule has 0 aromatic carbocycles. The van der Waals surface area contributed by atoms with Gasteiger partial charge >= 0.3 is 29.8 Å². The standard InChI is InChI=1S/C40H62O6.C32H48O4.C30H46O3.C10H18O4/c1-24(2)31-26(42)21-40(23-41)20-19-38(11)25(32(31)40)13-14-28-37(10)17-16-29(36(8,9)27(37)15-18-39(28,38)12)45-30(43)22-35(6,7)33(44)46-34(3,4)5;1-19(2)26-22(35)17-32(18-33)16-15-30(7)21(27(26)32)9-10-24-29(6)13-12-25(36-20(3)34)28(4,5)23(29)11-14-31(24,30)8;1-18(2)24-20(32)16-30(17-31)15-14-28(6)19(25(24)30)8-9-22-27(5)12-11-23(33)26(3,4)21(27)10-13-29(22,28)7;1-9(2,3)14-8(13)10(4,5)6-7(11)12/h23-25,27-29H,13-22H2,1-12H3;18-19,21,23-25H,9-17H2,1-8H3;17-19,21-23,33H,8-16H2,1-7H3;6H2,1-5H3,(H,11,12)/t25-,27+,28-,29+,37+,38-,39-,40+;21-,23+,24-,25+,29+,30-,31-,32+;19-,21+,22-,23+,27+,28-,29-,30+;/m111./s1. The van der Waals surface area contributed by atoms with Crippen molar-refractivity contribution in [2.45, 2.75) is 437 Å². The Morgan fingerprint density at radius 1 is 0.364 bits per heavy atom. The third-order valence-corrected chi connectivity index (χ3v) is 41.7. The monoisotopic (exact) mass is 1790 g/mol. The molecule has 15 rings (SSSR count). The number of Topliss-reactive ketones (excluding diaryl/α,β-unsaturated/α-hetero) is 3. The van der Waals surface area contributed by atoms with Crippen LogP contribution in [0.15, 0.2) is 33.4 Å². The number of hydrogen-bond donors (Lipinski definition) is 2. The van der Waals surface area contributed by atoms with Crippen molar-refractivity contribution in [2.75, 3.05) is 0 Å². The van der Waals surface area contributed by atoms with Crippen LogP contribution in [0.4, 0.5) is 0 Å². The third-order valence-electron chi connectivity index (χ3n) is 41.7. The van der Waals surface area contributed by atoms with Gasteiger partial charge in [0.15, 0.2) is 17.3 Å². The van der Waals surface area contributed by atoms with Crippen LogP contribution < -0.4 is 0 Å². The molecule has 0 amide bonds. The van der Waals surface area contributed by atoms with Crippen LogP contribution in [-0.4, -0.2) is 106 Å². The lowest BCUT2D eigenvalue weighted by Crippen LogP contribution is -2.65. The average molecular weight is 1790 g/mol. The summed E-state index contributed by atoms with van der Waals surface area (Å²) in [6, 6.07) is 0. The Labute approximate surface area is 777 Å². The van der Waals surface area contributed by atoms with Gasteiger partial charge in [0.25, 0.3) is 0 Å². The molecule has 0 bridgehead atoms. The maximum absolute atomic E-state index is 13.4. The second-order valence-electron chi connectivity index (χ2n) is 53.6. The zero-order valence-electron chi connectivity index (χ0n) is 86.4. The predicted octanol–water partition coefficient (Wildman–Crippen LogP) is 24.3. The maximum atomic E-state index is 13.4. The van der Waals surface area contributed by atoms with Crippen LogP contribution in [-0.2, 0) is 71.7 Å². The number of hydrogen-bond acceptors (Lipinski definition) is 16. The summed E-state index contributed by atoms with van der Waals surface area (Å²) in [4.78, 5) is 138. The summed E-state index contributed by atoms with van der Waals surface area (Å²) in [5.41, 5.74) is 2.87. The van der Waals surface area contributed by atoms with E-state index in [0.717, 1.165) is 164 Å². The van der Waals surface area contributed by atoms with Gasteiger partial charge in [-0.2, -0.15) is 0 Å². The van der Waals surface area contributed by atoms with E-state index in [9.17, 15) is 57.8 Å². The molecular weight excluding hydrogens is 1620 g/mol. The van der Waals surface area contributed by atoms with E-state index < -0.39 is 50.2 Å². The quantitative estimate of drug-likeness (QED) is 0.0930. The van der Waals surface area contributed by atoms with Crippen LogP contribution in [0, 0.1) is 163 Å². The molecule has 0 saturated heterocycles. The van der Waals surface area contributed by atoms with Gasteiger partial charge in [0.2, 0.25) is 0 Å². The largest absolute Gasteiger partial charge is 0.481 e. The van der Waals surface area contributed by atoms with Crippen molar-refractivity contribution in [3.05, 3.63) is 33.4 Å². The predicted molar refractivity (Wildman–Crippen MR) is 504 cm³/mol. The van der Waals surface area contributed by atoms with Crippen molar-refractivity contribution < 1.29 is 81.9 Å². The first kappa shape index (κ1) is 102. The molecule has 15 aliphatic carbocycles. The Balaban J connectivity index is 0.000000165. The normalized spacial score (nSPS) is 42.1. The molecule has 24 atom stereocenters. The number of esters is 4. The lowest BCUT2D eigenvalue weighted by atomic mass is 9.33. The molecule has 17 nitrogen and oxygen atoms in total. The fourth-order valence-electron chi connectivity index (χ4n) is 34.8. The zero-order chi connectivity index (χ0) is 96.7. The molecule has 724 valence electrons. The van der Waals surface area contributed by atoms with Crippen LogP contribution in [0.5, 0.6) is 0 Å². The molecule has 12 saturated carbocycles. The van der Waals surface area contributed by atoms with Crippen molar-refractivity contribution in [1.29, 1.82) is 0 Å². The fraction of sp³-hybridized carbons (Fsp3) is 0.848. The number of aliphatic hydroxyl groups is 1. The van der Waals surface area contributed by atoms with Crippen molar-refractivity contribution in [2.24, 2.45) is 163 Å².